The predicted octanol–water partition coefficient (Wildman–Crippen LogP) is 3.48. The van der Waals surface area contributed by atoms with E-state index in [2.05, 4.69) is 34.3 Å². The molecule has 0 unspecified atom stereocenters. The summed E-state index contributed by atoms with van der Waals surface area (Å²) in [5, 5.41) is 7.36. The lowest BCUT2D eigenvalue weighted by molar-refractivity contribution is 0.0995. The highest BCUT2D eigenvalue weighted by molar-refractivity contribution is 5.63. The largest absolute Gasteiger partial charge is 0.497 e. The number of benzene rings is 1. The van der Waals surface area contributed by atoms with Gasteiger partial charge in [0.2, 0.25) is 0 Å². The van der Waals surface area contributed by atoms with Crippen LogP contribution in [0.5, 0.6) is 5.75 Å². The first kappa shape index (κ1) is 17.0. The summed E-state index contributed by atoms with van der Waals surface area (Å²) in [4.78, 5) is 2.35. The highest BCUT2D eigenvalue weighted by Gasteiger charge is 2.15. The molecule has 1 aromatic heterocycles. The quantitative estimate of drug-likeness (QED) is 0.805. The van der Waals surface area contributed by atoms with E-state index < -0.39 is 0 Å². The van der Waals surface area contributed by atoms with Gasteiger partial charge in [-0.15, -0.1) is 0 Å². The lowest BCUT2D eigenvalue weighted by Gasteiger charge is -2.18. The molecule has 1 aliphatic heterocycles. The van der Waals surface area contributed by atoms with Gasteiger partial charge in [-0.25, -0.2) is 0 Å². The van der Waals surface area contributed by atoms with Crippen molar-refractivity contribution in [3.05, 3.63) is 36.0 Å². The summed E-state index contributed by atoms with van der Waals surface area (Å²) >= 11 is 0. The van der Waals surface area contributed by atoms with Crippen LogP contribution in [-0.2, 0) is 11.3 Å². The molecule has 0 radical (unpaired) electrons. The highest BCUT2D eigenvalue weighted by atomic mass is 16.5. The summed E-state index contributed by atoms with van der Waals surface area (Å²) in [6.45, 7) is 2.91. The van der Waals surface area contributed by atoms with Gasteiger partial charge in [-0.3, -0.25) is 5.10 Å². The van der Waals surface area contributed by atoms with Gasteiger partial charge in [0.1, 0.15) is 5.75 Å². The molecular weight excluding hydrogens is 302 g/mol. The Labute approximate surface area is 144 Å². The fourth-order valence-electron chi connectivity index (χ4n) is 3.27. The third kappa shape index (κ3) is 4.36. The molecule has 2 heterocycles. The molecule has 1 aliphatic rings. The Morgan fingerprint density at radius 3 is 2.88 bits per heavy atom. The summed E-state index contributed by atoms with van der Waals surface area (Å²) < 4.78 is 10.9. The number of nitrogens with one attached hydrogen (secondary N) is 1. The Bertz CT molecular complexity index is 618. The van der Waals surface area contributed by atoms with Crippen LogP contribution in [0.2, 0.25) is 0 Å². The maximum atomic E-state index is 5.69. The van der Waals surface area contributed by atoms with Crippen molar-refractivity contribution in [3.8, 4) is 17.0 Å². The van der Waals surface area contributed by atoms with E-state index in [1.807, 2.05) is 18.3 Å². The summed E-state index contributed by atoms with van der Waals surface area (Å²) in [6.07, 6.45) is 7.21. The van der Waals surface area contributed by atoms with Gasteiger partial charge < -0.3 is 14.4 Å². The molecule has 0 amide bonds. The standard InChI is InChI=1S/C19H27N3O2/c1-22(11-3-5-18-6-4-12-24-18)14-16-13-20-21-19(16)15-7-9-17(23-2)10-8-15/h7-10,13,18H,3-6,11-12,14H2,1-2H3,(H,20,21)/t18-/m0/s1. The Morgan fingerprint density at radius 2 is 2.17 bits per heavy atom. The van der Waals surface area contributed by atoms with Crippen molar-refractivity contribution in [2.75, 3.05) is 27.3 Å². The van der Waals surface area contributed by atoms with Gasteiger partial charge in [0.05, 0.1) is 25.1 Å². The second kappa shape index (κ2) is 8.31. The molecule has 2 aromatic rings. The van der Waals surface area contributed by atoms with Gasteiger partial charge in [0, 0.05) is 24.3 Å². The lowest BCUT2D eigenvalue weighted by atomic mass is 10.1. The number of aromatic amines is 1. The van der Waals surface area contributed by atoms with Gasteiger partial charge >= 0.3 is 0 Å². The second-order valence-corrected chi connectivity index (χ2v) is 6.51. The molecule has 0 spiro atoms. The minimum atomic E-state index is 0.488. The molecule has 130 valence electrons. The topological polar surface area (TPSA) is 50.4 Å². The van der Waals surface area contributed by atoms with Crippen molar-refractivity contribution >= 4 is 0 Å². The van der Waals surface area contributed by atoms with Crippen molar-refractivity contribution in [1.82, 2.24) is 15.1 Å². The number of methoxy groups -OCH3 is 1. The smallest absolute Gasteiger partial charge is 0.118 e. The molecule has 1 aromatic carbocycles. The van der Waals surface area contributed by atoms with E-state index in [0.717, 1.165) is 36.7 Å². The van der Waals surface area contributed by atoms with E-state index in [1.165, 1.54) is 31.2 Å². The maximum Gasteiger partial charge on any atom is 0.118 e. The molecule has 0 saturated carbocycles. The van der Waals surface area contributed by atoms with Crippen LogP contribution in [0.25, 0.3) is 11.3 Å². The number of aromatic nitrogens is 2. The Balaban J connectivity index is 1.54. The van der Waals surface area contributed by atoms with Crippen molar-refractivity contribution < 1.29 is 9.47 Å². The van der Waals surface area contributed by atoms with Crippen LogP contribution in [0.3, 0.4) is 0 Å². The molecule has 0 bridgehead atoms. The van der Waals surface area contributed by atoms with Gasteiger partial charge in [-0.1, -0.05) is 0 Å². The first-order chi connectivity index (χ1) is 11.8. The molecule has 1 saturated heterocycles. The predicted molar refractivity (Wildman–Crippen MR) is 95.1 cm³/mol. The molecule has 1 atom stereocenters. The summed E-state index contributed by atoms with van der Waals surface area (Å²) in [6, 6.07) is 8.08. The molecular formula is C19H27N3O2. The summed E-state index contributed by atoms with van der Waals surface area (Å²) in [7, 11) is 3.85. The Kier molecular flexibility index (Phi) is 5.88. The molecule has 3 rings (SSSR count). The van der Waals surface area contributed by atoms with Gasteiger partial charge in [0.15, 0.2) is 0 Å². The van der Waals surface area contributed by atoms with Crippen LogP contribution in [-0.4, -0.2) is 48.5 Å². The van der Waals surface area contributed by atoms with Crippen molar-refractivity contribution in [1.29, 1.82) is 0 Å². The first-order valence-electron chi connectivity index (χ1n) is 8.73. The maximum absolute atomic E-state index is 5.69. The molecule has 1 N–H and O–H groups in total. The number of nitrogens with zero attached hydrogens (tertiary/aromatic N) is 2. The fraction of sp³-hybridized carbons (Fsp3) is 0.526. The van der Waals surface area contributed by atoms with Crippen LogP contribution in [0.15, 0.2) is 30.5 Å². The van der Waals surface area contributed by atoms with Gasteiger partial charge in [-0.05, 0) is 63.5 Å². The number of rotatable bonds is 8. The van der Waals surface area contributed by atoms with Crippen LogP contribution >= 0.6 is 0 Å². The Hall–Kier alpha value is -1.85. The van der Waals surface area contributed by atoms with E-state index in [9.17, 15) is 0 Å². The monoisotopic (exact) mass is 329 g/mol. The normalized spacial score (nSPS) is 17.5. The zero-order chi connectivity index (χ0) is 16.8. The first-order valence-corrected chi connectivity index (χ1v) is 8.73. The minimum Gasteiger partial charge on any atom is -0.497 e. The third-order valence-electron chi connectivity index (χ3n) is 4.63. The zero-order valence-electron chi connectivity index (χ0n) is 14.6. The molecule has 24 heavy (non-hydrogen) atoms. The van der Waals surface area contributed by atoms with E-state index in [-0.39, 0.29) is 0 Å². The van der Waals surface area contributed by atoms with Crippen molar-refractivity contribution in [2.24, 2.45) is 0 Å². The average molecular weight is 329 g/mol. The number of hydrogen-bond donors (Lipinski definition) is 1. The molecule has 5 heteroatoms. The van der Waals surface area contributed by atoms with E-state index in [1.54, 1.807) is 7.11 Å². The van der Waals surface area contributed by atoms with Crippen LogP contribution in [0.1, 0.15) is 31.2 Å². The number of H-pyrrole nitrogens is 1. The second-order valence-electron chi connectivity index (χ2n) is 6.51. The number of hydrogen-bond acceptors (Lipinski definition) is 4. The zero-order valence-corrected chi connectivity index (χ0v) is 14.6. The van der Waals surface area contributed by atoms with Crippen LogP contribution < -0.4 is 4.74 Å². The van der Waals surface area contributed by atoms with E-state index in [4.69, 9.17) is 9.47 Å². The Morgan fingerprint density at radius 1 is 1.33 bits per heavy atom. The van der Waals surface area contributed by atoms with Gasteiger partial charge in [-0.2, -0.15) is 5.10 Å². The van der Waals surface area contributed by atoms with E-state index >= 15 is 0 Å². The molecule has 5 nitrogen and oxygen atoms in total. The third-order valence-corrected chi connectivity index (χ3v) is 4.63. The summed E-state index contributed by atoms with van der Waals surface area (Å²) in [5.41, 5.74) is 3.44. The van der Waals surface area contributed by atoms with Crippen LogP contribution in [0.4, 0.5) is 0 Å². The van der Waals surface area contributed by atoms with Crippen molar-refractivity contribution in [3.63, 3.8) is 0 Å². The van der Waals surface area contributed by atoms with Crippen molar-refractivity contribution in [2.45, 2.75) is 38.3 Å². The summed E-state index contributed by atoms with van der Waals surface area (Å²) in [5.74, 6) is 0.867. The minimum absolute atomic E-state index is 0.488. The highest BCUT2D eigenvalue weighted by Crippen LogP contribution is 2.24. The molecule has 0 aliphatic carbocycles. The lowest BCUT2D eigenvalue weighted by Crippen LogP contribution is -2.20. The van der Waals surface area contributed by atoms with Gasteiger partial charge in [0.25, 0.3) is 0 Å². The molecule has 1 fully saturated rings. The number of ether oxygens (including phenoxy) is 2. The van der Waals surface area contributed by atoms with E-state index in [0.29, 0.717) is 6.10 Å². The fourth-order valence-corrected chi connectivity index (χ4v) is 3.27. The van der Waals surface area contributed by atoms with Crippen LogP contribution in [0, 0.1) is 0 Å². The average Bonchev–Trinajstić information content (AvgIpc) is 3.27. The SMILES string of the molecule is COc1ccc(-c2[nH]ncc2CN(C)CCC[C@H]2CCCO2)cc1.